The zero-order valence-electron chi connectivity index (χ0n) is 46.1. The van der Waals surface area contributed by atoms with Gasteiger partial charge in [0.05, 0.1) is 19.8 Å². The van der Waals surface area contributed by atoms with Crippen molar-refractivity contribution in [2.45, 2.75) is 48.5 Å². The summed E-state index contributed by atoms with van der Waals surface area (Å²) in [5, 5.41) is 31.9. The molecule has 3 atom stereocenters. The molecule has 0 amide bonds. The molecule has 2 aliphatic rings. The summed E-state index contributed by atoms with van der Waals surface area (Å²) in [6.45, 7) is -1.66. The smallest absolute Gasteiger partial charge is 0.423 e. The van der Waals surface area contributed by atoms with Gasteiger partial charge < -0.3 is 30.1 Å². The molecule has 4 aromatic heterocycles. The summed E-state index contributed by atoms with van der Waals surface area (Å²) in [7, 11) is -1.51. The number of benzene rings is 6. The quantitative estimate of drug-likeness (QED) is 0.0537. The minimum atomic E-state index is -4.13. The summed E-state index contributed by atoms with van der Waals surface area (Å²) in [6, 6.07) is 30.0. The average Bonchev–Trinajstić information content (AvgIpc) is 1.55. The van der Waals surface area contributed by atoms with E-state index in [9.17, 15) is 53.4 Å². The second-order valence-corrected chi connectivity index (χ2v) is 20.9. The molecule has 12 rings (SSSR count). The van der Waals surface area contributed by atoms with E-state index in [1.165, 1.54) is 103 Å². The van der Waals surface area contributed by atoms with Crippen molar-refractivity contribution in [3.8, 4) is 22.3 Å². The van der Waals surface area contributed by atoms with Crippen molar-refractivity contribution < 1.29 is 96.0 Å². The van der Waals surface area contributed by atoms with Crippen LogP contribution in [-0.4, -0.2) is 70.7 Å². The van der Waals surface area contributed by atoms with E-state index in [1.54, 1.807) is 0 Å². The minimum absolute atomic E-state index is 0. The highest BCUT2D eigenvalue weighted by molar-refractivity contribution is 9.10. The Morgan fingerprint density at radius 3 is 1.23 bits per heavy atom. The zero-order valence-corrected chi connectivity index (χ0v) is 47.6. The van der Waals surface area contributed by atoms with Crippen LogP contribution in [0.3, 0.4) is 0 Å². The first-order chi connectivity index (χ1) is 42.6. The molecule has 2 fully saturated rings. The van der Waals surface area contributed by atoms with Crippen LogP contribution in [0, 0.1) is 52.4 Å². The molecule has 2 saturated heterocycles. The zero-order chi connectivity index (χ0) is 65.0. The standard InChI is InChI=1S/C22H15F5N4O.C20H12F5NO.C14H8BrF4NO.C6H6BFO2.CH4.H2O/c23-16-4-1-14(2-5-16)15-3-8-20(29-10-15)22(26,27)21(32,11-31-13-28-12-30-31)18-7-6-17(24)9-19(18)25;21-14-4-1-12(2-5-14)13-3-8-18(26-10-13)20(24,25)19(11-27-19)16-7-6-15(22)9-17(16)23;15-8-1-4-12(20-6-8)14(18,19)13(7-21-13)10-3-2-9(16)5-11(10)17;8-6-3-1-5(2-4-6)7(9)10;;/h1-10,12-13,32H,11H2;1-10H,11H2;1-6H,7H2;1-4,9-10H;1H4;1H2. The first kappa shape index (κ1) is 70.6. The predicted molar refractivity (Wildman–Crippen MR) is 308 cm³/mol. The lowest BCUT2D eigenvalue weighted by Crippen LogP contribution is -2.48. The lowest BCUT2D eigenvalue weighted by molar-refractivity contribution is -0.207. The fourth-order valence-electron chi connectivity index (χ4n) is 9.12. The van der Waals surface area contributed by atoms with Gasteiger partial charge >= 0.3 is 24.9 Å². The van der Waals surface area contributed by atoms with E-state index < -0.39 is 130 Å². The van der Waals surface area contributed by atoms with Crippen molar-refractivity contribution in [2.75, 3.05) is 13.2 Å². The van der Waals surface area contributed by atoms with Crippen LogP contribution in [0.1, 0.15) is 41.2 Å². The second-order valence-electron chi connectivity index (χ2n) is 19.9. The van der Waals surface area contributed by atoms with E-state index in [0.717, 1.165) is 78.1 Å². The number of ether oxygens (including phenoxy) is 2. The van der Waals surface area contributed by atoms with Gasteiger partial charge in [0.15, 0.2) is 16.8 Å². The van der Waals surface area contributed by atoms with E-state index in [1.807, 2.05) is 0 Å². The van der Waals surface area contributed by atoms with Crippen molar-refractivity contribution in [1.29, 1.82) is 0 Å². The van der Waals surface area contributed by atoms with Gasteiger partial charge in [-0.15, -0.1) is 0 Å². The van der Waals surface area contributed by atoms with Crippen LogP contribution in [-0.2, 0) is 50.6 Å². The van der Waals surface area contributed by atoms with Gasteiger partial charge in [-0.05, 0) is 130 Å². The summed E-state index contributed by atoms with van der Waals surface area (Å²) in [5.74, 6) is -18.8. The maximum Gasteiger partial charge on any atom is 0.488 e. The highest BCUT2D eigenvalue weighted by Gasteiger charge is 2.69. The molecule has 0 aliphatic carbocycles. The number of alkyl halides is 6. The molecule has 12 nitrogen and oxygen atoms in total. The monoisotopic (exact) mass is 1360 g/mol. The Morgan fingerprint density at radius 1 is 0.489 bits per heavy atom. The van der Waals surface area contributed by atoms with Crippen LogP contribution in [0.4, 0.5) is 65.9 Å². The van der Waals surface area contributed by atoms with Crippen LogP contribution in [0.2, 0.25) is 0 Å². The molecule has 0 radical (unpaired) electrons. The number of rotatable bonds is 14. The number of nitrogens with zero attached hydrogens (tertiary/aromatic N) is 6. The minimum Gasteiger partial charge on any atom is -0.423 e. The van der Waals surface area contributed by atoms with Crippen molar-refractivity contribution >= 4 is 28.5 Å². The summed E-state index contributed by atoms with van der Waals surface area (Å²) in [5.41, 5.74) is -8.75. The third kappa shape index (κ3) is 14.9. The Morgan fingerprint density at radius 2 is 0.870 bits per heavy atom. The van der Waals surface area contributed by atoms with Gasteiger partial charge in [0.2, 0.25) is 0 Å². The molecule has 6 heterocycles. The molecule has 480 valence electrons. The van der Waals surface area contributed by atoms with E-state index in [2.05, 4.69) is 41.0 Å². The predicted octanol–water partition coefficient (Wildman–Crippen LogP) is 13.1. The summed E-state index contributed by atoms with van der Waals surface area (Å²) in [4.78, 5) is 14.9. The first-order valence-corrected chi connectivity index (χ1v) is 26.9. The van der Waals surface area contributed by atoms with Crippen molar-refractivity contribution in [3.63, 3.8) is 0 Å². The molecule has 5 N–H and O–H groups in total. The highest BCUT2D eigenvalue weighted by Crippen LogP contribution is 2.58. The molecule has 10 aromatic rings. The lowest BCUT2D eigenvalue weighted by Gasteiger charge is -2.36. The number of aliphatic hydroxyl groups is 1. The molecular weight excluding hydrogens is 1310 g/mol. The van der Waals surface area contributed by atoms with E-state index in [4.69, 9.17) is 19.5 Å². The summed E-state index contributed by atoms with van der Waals surface area (Å²) < 4.78 is 222. The number of aromatic nitrogens is 6. The second kappa shape index (κ2) is 28.4. The Balaban J connectivity index is 0.000000183. The molecule has 0 bridgehead atoms. The molecule has 2 aliphatic heterocycles. The maximum atomic E-state index is 15.7. The van der Waals surface area contributed by atoms with Crippen LogP contribution >= 0.6 is 15.9 Å². The average molecular weight is 1360 g/mol. The highest BCUT2D eigenvalue weighted by atomic mass is 79.9. The van der Waals surface area contributed by atoms with Gasteiger partial charge in [0.1, 0.15) is 82.1 Å². The van der Waals surface area contributed by atoms with Gasteiger partial charge in [-0.25, -0.2) is 49.2 Å². The number of epoxide rings is 2. The van der Waals surface area contributed by atoms with Gasteiger partial charge in [-0.3, -0.25) is 15.0 Å². The Labute approximate surface area is 521 Å². The van der Waals surface area contributed by atoms with Crippen LogP contribution in [0.15, 0.2) is 200 Å². The molecular formula is C63H47BBrF15N6O6. The number of hydrogen-bond acceptors (Lipinski definition) is 10. The first-order valence-electron chi connectivity index (χ1n) is 26.1. The van der Waals surface area contributed by atoms with Gasteiger partial charge in [-0.1, -0.05) is 56.0 Å². The number of hydrogen-bond donors (Lipinski definition) is 3. The summed E-state index contributed by atoms with van der Waals surface area (Å²) >= 11 is 3.10. The molecule has 92 heavy (non-hydrogen) atoms. The lowest BCUT2D eigenvalue weighted by atomic mass is 9.80. The SMILES string of the molecule is C.Fc1ccc(-c2ccc(C(F)(F)C3(c4ccc(F)cc4F)CO3)nc2)cc1.Fc1ccc(C2(C(F)(F)c3ccc(Br)cn3)CO2)c(F)c1.O.OB(O)c1ccc(F)cc1.OC(Cn1cncn1)(c1ccc(F)cc1F)C(F)(F)c1ccc(-c2ccc(F)cc2)cn1. The fourth-order valence-corrected chi connectivity index (χ4v) is 9.36. The van der Waals surface area contributed by atoms with Crippen LogP contribution in [0.25, 0.3) is 22.3 Å². The maximum absolute atomic E-state index is 15.7. The van der Waals surface area contributed by atoms with Gasteiger partial charge in [0, 0.05) is 69.1 Å². The summed E-state index contributed by atoms with van der Waals surface area (Å²) in [6.07, 6.45) is 5.73. The molecule has 3 unspecified atom stereocenters. The molecule has 0 spiro atoms. The number of halogens is 16. The number of pyridine rings is 3. The topological polar surface area (TPSA) is 187 Å². The fraction of sp³-hybridized carbons (Fsp3) is 0.159. The molecule has 6 aromatic carbocycles. The van der Waals surface area contributed by atoms with Crippen molar-refractivity contribution in [2.24, 2.45) is 0 Å². The van der Waals surface area contributed by atoms with Crippen LogP contribution < -0.4 is 5.46 Å². The van der Waals surface area contributed by atoms with Crippen molar-refractivity contribution in [1.82, 2.24) is 29.7 Å². The van der Waals surface area contributed by atoms with Crippen LogP contribution in [0.5, 0.6) is 0 Å². The Kier molecular flexibility index (Phi) is 21.8. The van der Waals surface area contributed by atoms with E-state index >= 15 is 17.6 Å². The molecule has 0 saturated carbocycles. The Bertz CT molecular complexity index is 4090. The van der Waals surface area contributed by atoms with E-state index in [-0.39, 0.29) is 30.9 Å². The third-order valence-corrected chi connectivity index (χ3v) is 14.6. The van der Waals surface area contributed by atoms with Gasteiger partial charge in [0.25, 0.3) is 0 Å². The molecule has 29 heteroatoms. The van der Waals surface area contributed by atoms with E-state index in [0.29, 0.717) is 50.4 Å². The Hall–Kier alpha value is -8.84. The van der Waals surface area contributed by atoms with Crippen molar-refractivity contribution in [3.05, 3.63) is 286 Å². The largest absolute Gasteiger partial charge is 0.488 e. The normalized spacial score (nSPS) is 16.3. The van der Waals surface area contributed by atoms with Gasteiger partial charge in [-0.2, -0.15) is 31.4 Å². The third-order valence-electron chi connectivity index (χ3n) is 14.1.